The SMILES string of the molecule is CC1CN(C(=O)CC(C)(C)C)CC(C)O1. The van der Waals surface area contributed by atoms with Crippen molar-refractivity contribution in [3.63, 3.8) is 0 Å². The molecule has 0 saturated carbocycles. The van der Waals surface area contributed by atoms with Crippen LogP contribution in [0.4, 0.5) is 0 Å². The summed E-state index contributed by atoms with van der Waals surface area (Å²) in [6.07, 6.45) is 0.947. The van der Waals surface area contributed by atoms with Gasteiger partial charge >= 0.3 is 0 Å². The van der Waals surface area contributed by atoms with E-state index in [1.165, 1.54) is 0 Å². The number of ether oxygens (including phenoxy) is 1. The highest BCUT2D eigenvalue weighted by Gasteiger charge is 2.28. The third kappa shape index (κ3) is 4.20. The van der Waals surface area contributed by atoms with E-state index in [1.54, 1.807) is 0 Å². The quantitative estimate of drug-likeness (QED) is 0.667. The van der Waals surface area contributed by atoms with E-state index in [2.05, 4.69) is 20.8 Å². The number of carbonyl (C=O) groups excluding carboxylic acids is 1. The van der Waals surface area contributed by atoms with Crippen LogP contribution in [0.2, 0.25) is 0 Å². The van der Waals surface area contributed by atoms with E-state index >= 15 is 0 Å². The van der Waals surface area contributed by atoms with Crippen LogP contribution in [0.25, 0.3) is 0 Å². The average Bonchev–Trinajstić information content (AvgIpc) is 1.98. The predicted octanol–water partition coefficient (Wildman–Crippen LogP) is 2.06. The molecule has 1 amide bonds. The summed E-state index contributed by atoms with van der Waals surface area (Å²) in [4.78, 5) is 13.9. The van der Waals surface area contributed by atoms with Crippen LogP contribution in [0.5, 0.6) is 0 Å². The van der Waals surface area contributed by atoms with Crippen molar-refractivity contribution in [2.24, 2.45) is 5.41 Å². The molecule has 1 aliphatic rings. The summed E-state index contributed by atoms with van der Waals surface area (Å²) in [6, 6.07) is 0. The lowest BCUT2D eigenvalue weighted by molar-refractivity contribution is -0.145. The van der Waals surface area contributed by atoms with Gasteiger partial charge in [0.1, 0.15) is 0 Å². The van der Waals surface area contributed by atoms with Crippen LogP contribution in [0, 0.1) is 5.41 Å². The van der Waals surface area contributed by atoms with Crippen molar-refractivity contribution < 1.29 is 9.53 Å². The Bertz CT molecular complexity index is 222. The lowest BCUT2D eigenvalue weighted by atomic mass is 9.91. The smallest absolute Gasteiger partial charge is 0.223 e. The molecule has 0 aromatic carbocycles. The van der Waals surface area contributed by atoms with Crippen LogP contribution in [-0.2, 0) is 9.53 Å². The number of hydrogen-bond donors (Lipinski definition) is 0. The van der Waals surface area contributed by atoms with Crippen LogP contribution < -0.4 is 0 Å². The van der Waals surface area contributed by atoms with E-state index in [-0.39, 0.29) is 23.5 Å². The maximum absolute atomic E-state index is 12.0. The molecule has 2 atom stereocenters. The van der Waals surface area contributed by atoms with Crippen LogP contribution in [0.15, 0.2) is 0 Å². The maximum atomic E-state index is 12.0. The molecule has 0 radical (unpaired) electrons. The van der Waals surface area contributed by atoms with Crippen molar-refractivity contribution >= 4 is 5.91 Å². The van der Waals surface area contributed by atoms with Crippen molar-refractivity contribution in [2.45, 2.75) is 53.2 Å². The highest BCUT2D eigenvalue weighted by atomic mass is 16.5. The van der Waals surface area contributed by atoms with Crippen molar-refractivity contribution in [3.8, 4) is 0 Å². The highest BCUT2D eigenvalue weighted by Crippen LogP contribution is 2.21. The van der Waals surface area contributed by atoms with Crippen molar-refractivity contribution in [3.05, 3.63) is 0 Å². The first-order chi connectivity index (χ1) is 6.78. The first kappa shape index (κ1) is 12.5. The molecule has 1 rings (SSSR count). The van der Waals surface area contributed by atoms with Gasteiger partial charge in [0, 0.05) is 19.5 Å². The first-order valence-corrected chi connectivity index (χ1v) is 5.71. The molecule has 1 fully saturated rings. The summed E-state index contributed by atoms with van der Waals surface area (Å²) in [7, 11) is 0. The zero-order valence-corrected chi connectivity index (χ0v) is 10.5. The van der Waals surface area contributed by atoms with E-state index in [1.807, 2.05) is 18.7 Å². The molecule has 0 bridgehead atoms. The van der Waals surface area contributed by atoms with Gasteiger partial charge in [0.05, 0.1) is 12.2 Å². The van der Waals surface area contributed by atoms with Gasteiger partial charge in [-0.3, -0.25) is 4.79 Å². The molecule has 0 aromatic rings. The monoisotopic (exact) mass is 213 g/mol. The minimum Gasteiger partial charge on any atom is -0.372 e. The number of morpholine rings is 1. The van der Waals surface area contributed by atoms with E-state index in [4.69, 9.17) is 4.74 Å². The Morgan fingerprint density at radius 2 is 1.73 bits per heavy atom. The number of carbonyl (C=O) groups is 1. The van der Waals surface area contributed by atoms with Crippen LogP contribution in [-0.4, -0.2) is 36.1 Å². The minimum atomic E-state index is 0.0713. The molecule has 1 saturated heterocycles. The van der Waals surface area contributed by atoms with E-state index in [0.29, 0.717) is 6.42 Å². The first-order valence-electron chi connectivity index (χ1n) is 5.71. The molecule has 2 unspecified atom stereocenters. The second kappa shape index (κ2) is 4.52. The Balaban J connectivity index is 2.52. The standard InChI is InChI=1S/C12H23NO2/c1-9-7-13(8-10(2)15-9)11(14)6-12(3,4)5/h9-10H,6-8H2,1-5H3. The molecular weight excluding hydrogens is 190 g/mol. The second-order valence-electron chi connectivity index (χ2n) is 5.79. The van der Waals surface area contributed by atoms with Gasteiger partial charge in [-0.1, -0.05) is 20.8 Å². The lowest BCUT2D eigenvalue weighted by Gasteiger charge is -2.36. The van der Waals surface area contributed by atoms with Crippen molar-refractivity contribution in [1.29, 1.82) is 0 Å². The summed E-state index contributed by atoms with van der Waals surface area (Å²) < 4.78 is 5.60. The number of rotatable bonds is 1. The van der Waals surface area contributed by atoms with Crippen LogP contribution in [0.1, 0.15) is 41.0 Å². The van der Waals surface area contributed by atoms with Crippen molar-refractivity contribution in [1.82, 2.24) is 4.90 Å². The molecule has 3 heteroatoms. The number of hydrogen-bond acceptors (Lipinski definition) is 2. The fraction of sp³-hybridized carbons (Fsp3) is 0.917. The van der Waals surface area contributed by atoms with Gasteiger partial charge in [0.15, 0.2) is 0 Å². The third-order valence-electron chi connectivity index (χ3n) is 2.45. The van der Waals surface area contributed by atoms with Gasteiger partial charge in [-0.2, -0.15) is 0 Å². The zero-order chi connectivity index (χ0) is 11.6. The lowest BCUT2D eigenvalue weighted by Crippen LogP contribution is -2.48. The normalized spacial score (nSPS) is 27.9. The minimum absolute atomic E-state index is 0.0713. The van der Waals surface area contributed by atoms with Gasteiger partial charge in [-0.15, -0.1) is 0 Å². The molecule has 15 heavy (non-hydrogen) atoms. The Morgan fingerprint density at radius 1 is 1.27 bits per heavy atom. The fourth-order valence-electron chi connectivity index (χ4n) is 1.95. The summed E-state index contributed by atoms with van der Waals surface area (Å²) in [5.74, 6) is 0.254. The topological polar surface area (TPSA) is 29.5 Å². The average molecular weight is 213 g/mol. The van der Waals surface area contributed by atoms with Crippen LogP contribution in [0.3, 0.4) is 0 Å². The predicted molar refractivity (Wildman–Crippen MR) is 60.7 cm³/mol. The fourth-order valence-corrected chi connectivity index (χ4v) is 1.95. The molecule has 0 aliphatic carbocycles. The molecule has 0 aromatic heterocycles. The molecule has 88 valence electrons. The maximum Gasteiger partial charge on any atom is 0.223 e. The summed E-state index contributed by atoms with van der Waals surface area (Å²) in [6.45, 7) is 11.8. The zero-order valence-electron chi connectivity index (χ0n) is 10.5. The molecular formula is C12H23NO2. The van der Waals surface area contributed by atoms with E-state index in [0.717, 1.165) is 13.1 Å². The van der Waals surface area contributed by atoms with E-state index in [9.17, 15) is 4.79 Å². The van der Waals surface area contributed by atoms with E-state index < -0.39 is 0 Å². The number of amides is 1. The van der Waals surface area contributed by atoms with Gasteiger partial charge in [0.25, 0.3) is 0 Å². The molecule has 3 nitrogen and oxygen atoms in total. The molecule has 1 aliphatic heterocycles. The second-order valence-corrected chi connectivity index (χ2v) is 5.79. The van der Waals surface area contributed by atoms with Crippen LogP contribution >= 0.6 is 0 Å². The summed E-state index contributed by atoms with van der Waals surface area (Å²) in [5.41, 5.74) is 0.0713. The van der Waals surface area contributed by atoms with Gasteiger partial charge in [-0.05, 0) is 19.3 Å². The van der Waals surface area contributed by atoms with Gasteiger partial charge < -0.3 is 9.64 Å². The Kier molecular flexibility index (Phi) is 3.77. The Morgan fingerprint density at radius 3 is 2.13 bits per heavy atom. The number of nitrogens with zero attached hydrogens (tertiary/aromatic N) is 1. The summed E-state index contributed by atoms with van der Waals surface area (Å²) in [5, 5.41) is 0. The summed E-state index contributed by atoms with van der Waals surface area (Å²) >= 11 is 0. The van der Waals surface area contributed by atoms with Gasteiger partial charge in [-0.25, -0.2) is 0 Å². The molecule has 1 heterocycles. The largest absolute Gasteiger partial charge is 0.372 e. The van der Waals surface area contributed by atoms with Gasteiger partial charge in [0.2, 0.25) is 5.91 Å². The van der Waals surface area contributed by atoms with Crippen molar-refractivity contribution in [2.75, 3.05) is 13.1 Å². The molecule has 0 N–H and O–H groups in total. The Hall–Kier alpha value is -0.570. The Labute approximate surface area is 92.8 Å². The molecule has 0 spiro atoms. The highest BCUT2D eigenvalue weighted by molar-refractivity contribution is 5.77. The third-order valence-corrected chi connectivity index (χ3v) is 2.45.